The number of aryl methyl sites for hydroxylation is 1. The molecule has 0 unspecified atom stereocenters. The van der Waals surface area contributed by atoms with Gasteiger partial charge in [0.1, 0.15) is 11.3 Å². The van der Waals surface area contributed by atoms with Crippen molar-refractivity contribution in [1.29, 1.82) is 0 Å². The first-order valence-electron chi connectivity index (χ1n) is 10.1. The number of carbonyl (C=O) groups excluding carboxylic acids is 2. The topological polar surface area (TPSA) is 71.5 Å². The maximum Gasteiger partial charge on any atom is 0.257 e. The molecule has 1 fully saturated rings. The van der Waals surface area contributed by atoms with Crippen LogP contribution in [0, 0.1) is 6.92 Å². The van der Waals surface area contributed by atoms with Crippen LogP contribution in [0.4, 0.5) is 5.13 Å². The molecule has 1 saturated heterocycles. The maximum atomic E-state index is 12.6. The van der Waals surface area contributed by atoms with Gasteiger partial charge in [-0.15, -0.1) is 0 Å². The number of nitrogens with one attached hydrogen (secondary N) is 1. The van der Waals surface area contributed by atoms with E-state index in [0.717, 1.165) is 41.7 Å². The highest BCUT2D eigenvalue weighted by Gasteiger charge is 2.25. The number of methoxy groups -OCH3 is 1. The molecule has 0 aliphatic carbocycles. The number of anilines is 1. The van der Waals surface area contributed by atoms with Gasteiger partial charge in [0.05, 0.1) is 11.8 Å². The Bertz CT molecular complexity index is 1080. The second kappa shape index (κ2) is 8.44. The SMILES string of the molecule is COc1ccc(C2CCN(C(C)=O)CC2)c2sc(NC(=O)c3ccc(C)cc3)nc12. The number of hydrogen-bond donors (Lipinski definition) is 1. The first-order chi connectivity index (χ1) is 14.5. The monoisotopic (exact) mass is 423 g/mol. The molecule has 0 spiro atoms. The van der Waals surface area contributed by atoms with Crippen LogP contribution < -0.4 is 10.1 Å². The summed E-state index contributed by atoms with van der Waals surface area (Å²) in [7, 11) is 1.63. The molecule has 7 heteroatoms. The number of piperidine rings is 1. The number of amides is 2. The second-order valence-corrected chi connectivity index (χ2v) is 8.65. The van der Waals surface area contributed by atoms with Crippen LogP contribution in [-0.4, -0.2) is 41.9 Å². The van der Waals surface area contributed by atoms with Crippen LogP contribution in [0.3, 0.4) is 0 Å². The summed E-state index contributed by atoms with van der Waals surface area (Å²) >= 11 is 1.48. The lowest BCUT2D eigenvalue weighted by atomic mass is 9.89. The normalized spacial score (nSPS) is 14.7. The van der Waals surface area contributed by atoms with Gasteiger partial charge in [-0.3, -0.25) is 14.9 Å². The molecule has 0 atom stereocenters. The first kappa shape index (κ1) is 20.3. The fraction of sp³-hybridized carbons (Fsp3) is 0.348. The Kier molecular flexibility index (Phi) is 5.72. The molecule has 2 amide bonds. The third-order valence-corrected chi connectivity index (χ3v) is 6.69. The molecular weight excluding hydrogens is 398 g/mol. The van der Waals surface area contributed by atoms with Crippen LogP contribution in [0.1, 0.15) is 47.2 Å². The van der Waals surface area contributed by atoms with Gasteiger partial charge in [-0.05, 0) is 49.4 Å². The third kappa shape index (κ3) is 4.03. The quantitative estimate of drug-likeness (QED) is 0.666. The second-order valence-electron chi connectivity index (χ2n) is 7.65. The number of thiazole rings is 1. The molecule has 0 radical (unpaired) electrons. The molecule has 6 nitrogen and oxygen atoms in total. The van der Waals surface area contributed by atoms with Crippen LogP contribution in [-0.2, 0) is 4.79 Å². The first-order valence-corrected chi connectivity index (χ1v) is 10.9. The van der Waals surface area contributed by atoms with E-state index in [0.29, 0.717) is 22.4 Å². The number of rotatable bonds is 4. The Balaban J connectivity index is 1.62. The maximum absolute atomic E-state index is 12.6. The lowest BCUT2D eigenvalue weighted by Crippen LogP contribution is -2.36. The minimum Gasteiger partial charge on any atom is -0.494 e. The number of ether oxygens (including phenoxy) is 1. The Morgan fingerprint density at radius 3 is 2.47 bits per heavy atom. The number of likely N-dealkylation sites (tertiary alicyclic amines) is 1. The van der Waals surface area contributed by atoms with Crippen molar-refractivity contribution in [1.82, 2.24) is 9.88 Å². The average molecular weight is 424 g/mol. The number of hydrogen-bond acceptors (Lipinski definition) is 5. The lowest BCUT2D eigenvalue weighted by Gasteiger charge is -2.31. The van der Waals surface area contributed by atoms with Gasteiger partial charge in [0.25, 0.3) is 5.91 Å². The van der Waals surface area contributed by atoms with E-state index in [1.54, 1.807) is 14.0 Å². The third-order valence-electron chi connectivity index (χ3n) is 5.67. The van der Waals surface area contributed by atoms with Crippen molar-refractivity contribution in [3.8, 4) is 5.75 Å². The van der Waals surface area contributed by atoms with Crippen molar-refractivity contribution in [3.05, 3.63) is 53.1 Å². The van der Waals surface area contributed by atoms with Gasteiger partial charge >= 0.3 is 0 Å². The number of fused-ring (bicyclic) bond motifs is 1. The van der Waals surface area contributed by atoms with Gasteiger partial charge in [0.2, 0.25) is 5.91 Å². The predicted molar refractivity (Wildman–Crippen MR) is 120 cm³/mol. The van der Waals surface area contributed by atoms with E-state index in [1.807, 2.05) is 42.2 Å². The van der Waals surface area contributed by atoms with Crippen LogP contribution >= 0.6 is 11.3 Å². The standard InChI is InChI=1S/C23H25N3O3S/c1-14-4-6-17(7-5-14)22(28)25-23-24-20-19(29-3)9-8-18(21(20)30-23)16-10-12-26(13-11-16)15(2)27/h4-9,16H,10-13H2,1-3H3,(H,24,25,28). The molecular formula is C23H25N3O3S. The van der Waals surface area contributed by atoms with Crippen LogP contribution in [0.15, 0.2) is 36.4 Å². The average Bonchev–Trinajstić information content (AvgIpc) is 3.17. The van der Waals surface area contributed by atoms with Crippen molar-refractivity contribution >= 4 is 38.5 Å². The van der Waals surface area contributed by atoms with Gasteiger partial charge in [0, 0.05) is 25.6 Å². The van der Waals surface area contributed by atoms with Crippen molar-refractivity contribution in [2.45, 2.75) is 32.6 Å². The number of benzene rings is 2. The highest BCUT2D eigenvalue weighted by atomic mass is 32.1. The van der Waals surface area contributed by atoms with Gasteiger partial charge in [-0.1, -0.05) is 35.1 Å². The summed E-state index contributed by atoms with van der Waals surface area (Å²) in [6.45, 7) is 5.15. The molecule has 4 rings (SSSR count). The summed E-state index contributed by atoms with van der Waals surface area (Å²) < 4.78 is 6.55. The van der Waals surface area contributed by atoms with Crippen molar-refractivity contribution in [2.75, 3.05) is 25.5 Å². The zero-order valence-corrected chi connectivity index (χ0v) is 18.2. The predicted octanol–water partition coefficient (Wildman–Crippen LogP) is 4.59. The largest absolute Gasteiger partial charge is 0.494 e. The number of aromatic nitrogens is 1. The van der Waals surface area contributed by atoms with Gasteiger partial charge < -0.3 is 9.64 Å². The number of nitrogens with zero attached hydrogens (tertiary/aromatic N) is 2. The van der Waals surface area contributed by atoms with E-state index in [-0.39, 0.29) is 11.8 Å². The smallest absolute Gasteiger partial charge is 0.257 e. The zero-order valence-electron chi connectivity index (χ0n) is 17.4. The Morgan fingerprint density at radius 1 is 1.13 bits per heavy atom. The molecule has 30 heavy (non-hydrogen) atoms. The van der Waals surface area contributed by atoms with Crippen molar-refractivity contribution < 1.29 is 14.3 Å². The Morgan fingerprint density at radius 2 is 1.83 bits per heavy atom. The van der Waals surface area contributed by atoms with Gasteiger partial charge in [0.15, 0.2) is 5.13 Å². The summed E-state index contributed by atoms with van der Waals surface area (Å²) in [5.74, 6) is 1.01. The minimum atomic E-state index is -0.177. The summed E-state index contributed by atoms with van der Waals surface area (Å²) in [5.41, 5.74) is 3.69. The fourth-order valence-electron chi connectivity index (χ4n) is 3.92. The molecule has 156 valence electrons. The van der Waals surface area contributed by atoms with E-state index in [4.69, 9.17) is 4.74 Å². The summed E-state index contributed by atoms with van der Waals surface area (Å²) in [6.07, 6.45) is 1.84. The minimum absolute atomic E-state index is 0.132. The molecule has 3 aromatic rings. The van der Waals surface area contributed by atoms with Crippen LogP contribution in [0.5, 0.6) is 5.75 Å². The number of carbonyl (C=O) groups is 2. The molecule has 0 bridgehead atoms. The van der Waals surface area contributed by atoms with Gasteiger partial charge in [-0.25, -0.2) is 4.98 Å². The van der Waals surface area contributed by atoms with E-state index >= 15 is 0 Å². The Hall–Kier alpha value is -2.93. The molecule has 2 aromatic carbocycles. The van der Waals surface area contributed by atoms with Crippen molar-refractivity contribution in [3.63, 3.8) is 0 Å². The molecule has 1 aliphatic heterocycles. The Labute approximate surface area is 179 Å². The molecule has 1 aliphatic rings. The fourth-order valence-corrected chi connectivity index (χ4v) is 4.99. The van der Waals surface area contributed by atoms with E-state index in [9.17, 15) is 9.59 Å². The van der Waals surface area contributed by atoms with Crippen LogP contribution in [0.25, 0.3) is 10.2 Å². The lowest BCUT2D eigenvalue weighted by molar-refractivity contribution is -0.129. The highest BCUT2D eigenvalue weighted by Crippen LogP contribution is 2.41. The summed E-state index contributed by atoms with van der Waals surface area (Å²) in [4.78, 5) is 30.8. The summed E-state index contributed by atoms with van der Waals surface area (Å²) in [6, 6.07) is 11.5. The molecule has 1 N–H and O–H groups in total. The van der Waals surface area contributed by atoms with E-state index in [2.05, 4.69) is 16.4 Å². The molecule has 0 saturated carbocycles. The molecule has 1 aromatic heterocycles. The van der Waals surface area contributed by atoms with Gasteiger partial charge in [-0.2, -0.15) is 0 Å². The van der Waals surface area contributed by atoms with Crippen molar-refractivity contribution in [2.24, 2.45) is 0 Å². The zero-order chi connectivity index (χ0) is 21.3. The van der Waals surface area contributed by atoms with E-state index in [1.165, 1.54) is 16.9 Å². The summed E-state index contributed by atoms with van der Waals surface area (Å²) in [5, 5.41) is 3.49. The van der Waals surface area contributed by atoms with E-state index < -0.39 is 0 Å². The highest BCUT2D eigenvalue weighted by molar-refractivity contribution is 7.22. The molecule has 2 heterocycles. The van der Waals surface area contributed by atoms with Crippen LogP contribution in [0.2, 0.25) is 0 Å².